The number of anilines is 3. The third-order valence-electron chi connectivity index (χ3n) is 3.36. The van der Waals surface area contributed by atoms with E-state index in [1.165, 1.54) is 0 Å². The summed E-state index contributed by atoms with van der Waals surface area (Å²) >= 11 is 0. The highest BCUT2D eigenvalue weighted by atomic mass is 16.5. The van der Waals surface area contributed by atoms with Crippen LogP contribution in [0.25, 0.3) is 0 Å². The van der Waals surface area contributed by atoms with Crippen LogP contribution < -0.4 is 15.4 Å². The van der Waals surface area contributed by atoms with Crippen LogP contribution in [0.1, 0.15) is 5.69 Å². The van der Waals surface area contributed by atoms with Crippen LogP contribution in [-0.2, 0) is 0 Å². The van der Waals surface area contributed by atoms with Crippen LogP contribution in [0.15, 0.2) is 60.7 Å². The van der Waals surface area contributed by atoms with E-state index in [-0.39, 0.29) is 6.61 Å². The molecule has 0 aliphatic carbocycles. The fourth-order valence-electron chi connectivity index (χ4n) is 2.26. The van der Waals surface area contributed by atoms with Crippen molar-refractivity contribution in [2.45, 2.75) is 6.92 Å². The highest BCUT2D eigenvalue weighted by Gasteiger charge is 2.03. The molecule has 128 valence electrons. The van der Waals surface area contributed by atoms with Crippen molar-refractivity contribution in [2.75, 3.05) is 23.8 Å². The number of aromatic nitrogens is 2. The summed E-state index contributed by atoms with van der Waals surface area (Å²) in [4.78, 5) is 8.75. The first-order valence-electron chi connectivity index (χ1n) is 8.03. The number of aryl methyl sites for hydroxylation is 1. The Morgan fingerprint density at radius 3 is 2.40 bits per heavy atom. The van der Waals surface area contributed by atoms with Gasteiger partial charge in [-0.25, -0.2) is 4.98 Å². The number of nitrogens with zero attached hydrogens (tertiary/aromatic N) is 2. The topological polar surface area (TPSA) is 79.3 Å². The van der Waals surface area contributed by atoms with Crippen LogP contribution >= 0.6 is 0 Å². The number of aliphatic hydroxyl groups is 1. The smallest absolute Gasteiger partial charge is 0.229 e. The van der Waals surface area contributed by atoms with E-state index in [0.717, 1.165) is 22.9 Å². The monoisotopic (exact) mass is 336 g/mol. The number of aliphatic hydroxyl groups excluding tert-OH is 1. The normalized spacial score (nSPS) is 10.3. The number of benzene rings is 2. The minimum atomic E-state index is 0.0503. The minimum absolute atomic E-state index is 0.0503. The SMILES string of the molecule is Cc1cc(NCCO)nc(Nc2ccc(Oc3ccccc3)cc2)n1. The van der Waals surface area contributed by atoms with E-state index in [0.29, 0.717) is 18.3 Å². The van der Waals surface area contributed by atoms with Crippen molar-refractivity contribution in [2.24, 2.45) is 0 Å². The summed E-state index contributed by atoms with van der Waals surface area (Å²) < 4.78 is 5.77. The summed E-state index contributed by atoms with van der Waals surface area (Å²) in [5.41, 5.74) is 1.70. The van der Waals surface area contributed by atoms with Gasteiger partial charge in [-0.05, 0) is 43.3 Å². The Bertz CT molecular complexity index is 807. The number of hydrogen-bond donors (Lipinski definition) is 3. The molecule has 6 heteroatoms. The molecule has 0 saturated carbocycles. The molecule has 0 unspecified atom stereocenters. The van der Waals surface area contributed by atoms with Crippen molar-refractivity contribution >= 4 is 17.5 Å². The van der Waals surface area contributed by atoms with Gasteiger partial charge in [0.2, 0.25) is 5.95 Å². The largest absolute Gasteiger partial charge is 0.457 e. The van der Waals surface area contributed by atoms with Crippen LogP contribution in [0.3, 0.4) is 0 Å². The molecule has 1 aromatic heterocycles. The summed E-state index contributed by atoms with van der Waals surface area (Å²) in [5.74, 6) is 2.72. The number of rotatable bonds is 7. The molecule has 0 radical (unpaired) electrons. The second kappa shape index (κ2) is 8.12. The van der Waals surface area contributed by atoms with Gasteiger partial charge in [0.1, 0.15) is 17.3 Å². The minimum Gasteiger partial charge on any atom is -0.457 e. The summed E-state index contributed by atoms with van der Waals surface area (Å²) in [7, 11) is 0. The van der Waals surface area contributed by atoms with E-state index in [2.05, 4.69) is 20.6 Å². The standard InChI is InChI=1S/C19H20N4O2/c1-14-13-18(20-11-12-24)23-19(21-14)22-15-7-9-17(10-8-15)25-16-5-3-2-4-6-16/h2-10,13,24H,11-12H2,1H3,(H2,20,21,22,23). The van der Waals surface area contributed by atoms with Gasteiger partial charge in [0.05, 0.1) is 6.61 Å². The van der Waals surface area contributed by atoms with Crippen molar-refractivity contribution < 1.29 is 9.84 Å². The third kappa shape index (κ3) is 4.92. The number of hydrogen-bond acceptors (Lipinski definition) is 6. The molecule has 1 heterocycles. The van der Waals surface area contributed by atoms with E-state index < -0.39 is 0 Å². The van der Waals surface area contributed by atoms with Gasteiger partial charge in [0, 0.05) is 24.0 Å². The molecular formula is C19H20N4O2. The molecule has 0 atom stereocenters. The molecule has 0 amide bonds. The predicted molar refractivity (Wildman–Crippen MR) is 98.6 cm³/mol. The zero-order valence-corrected chi connectivity index (χ0v) is 13.9. The van der Waals surface area contributed by atoms with Gasteiger partial charge in [-0.1, -0.05) is 18.2 Å². The van der Waals surface area contributed by atoms with Crippen molar-refractivity contribution in [3.05, 3.63) is 66.4 Å². The summed E-state index contributed by atoms with van der Waals surface area (Å²) in [5, 5.41) is 15.1. The fourth-order valence-corrected chi connectivity index (χ4v) is 2.26. The molecule has 0 saturated heterocycles. The summed E-state index contributed by atoms with van der Waals surface area (Å²) in [6, 6.07) is 19.1. The molecular weight excluding hydrogens is 316 g/mol. The molecule has 2 aromatic carbocycles. The second-order valence-corrected chi connectivity index (χ2v) is 5.43. The van der Waals surface area contributed by atoms with E-state index in [1.807, 2.05) is 67.6 Å². The second-order valence-electron chi connectivity index (χ2n) is 5.43. The molecule has 0 aliphatic rings. The lowest BCUT2D eigenvalue weighted by Gasteiger charge is -2.10. The van der Waals surface area contributed by atoms with Gasteiger partial charge in [-0.2, -0.15) is 4.98 Å². The van der Waals surface area contributed by atoms with Crippen LogP contribution in [0.2, 0.25) is 0 Å². The molecule has 3 N–H and O–H groups in total. The molecule has 0 aliphatic heterocycles. The maximum absolute atomic E-state index is 8.90. The van der Waals surface area contributed by atoms with Crippen LogP contribution in [-0.4, -0.2) is 28.2 Å². The Morgan fingerprint density at radius 2 is 1.68 bits per heavy atom. The number of ether oxygens (including phenoxy) is 1. The molecule has 6 nitrogen and oxygen atoms in total. The van der Waals surface area contributed by atoms with Crippen molar-refractivity contribution in [3.8, 4) is 11.5 Å². The maximum Gasteiger partial charge on any atom is 0.229 e. The zero-order chi connectivity index (χ0) is 17.5. The lowest BCUT2D eigenvalue weighted by Crippen LogP contribution is -2.09. The van der Waals surface area contributed by atoms with Crippen LogP contribution in [0, 0.1) is 6.92 Å². The van der Waals surface area contributed by atoms with Crippen molar-refractivity contribution in [1.82, 2.24) is 9.97 Å². The molecule has 25 heavy (non-hydrogen) atoms. The Hall–Kier alpha value is -3.12. The summed E-state index contributed by atoms with van der Waals surface area (Å²) in [6.45, 7) is 2.39. The molecule has 0 spiro atoms. The average molecular weight is 336 g/mol. The van der Waals surface area contributed by atoms with Gasteiger partial charge < -0.3 is 20.5 Å². The first-order valence-corrected chi connectivity index (χ1v) is 8.03. The van der Waals surface area contributed by atoms with Gasteiger partial charge in [-0.15, -0.1) is 0 Å². The Morgan fingerprint density at radius 1 is 0.960 bits per heavy atom. The van der Waals surface area contributed by atoms with Gasteiger partial charge in [0.25, 0.3) is 0 Å². The lowest BCUT2D eigenvalue weighted by molar-refractivity contribution is 0.311. The lowest BCUT2D eigenvalue weighted by atomic mass is 10.3. The Balaban J connectivity index is 1.68. The number of para-hydroxylation sites is 1. The first-order chi connectivity index (χ1) is 12.2. The van der Waals surface area contributed by atoms with E-state index in [9.17, 15) is 0 Å². The quantitative estimate of drug-likeness (QED) is 0.610. The van der Waals surface area contributed by atoms with Gasteiger partial charge in [-0.3, -0.25) is 0 Å². The average Bonchev–Trinajstić information content (AvgIpc) is 2.62. The summed E-state index contributed by atoms with van der Waals surface area (Å²) in [6.07, 6.45) is 0. The molecule has 3 aromatic rings. The maximum atomic E-state index is 8.90. The molecule has 3 rings (SSSR count). The molecule has 0 bridgehead atoms. The highest BCUT2D eigenvalue weighted by molar-refractivity contribution is 5.56. The van der Waals surface area contributed by atoms with Crippen molar-refractivity contribution in [1.29, 1.82) is 0 Å². The highest BCUT2D eigenvalue weighted by Crippen LogP contribution is 2.24. The van der Waals surface area contributed by atoms with Crippen molar-refractivity contribution in [3.63, 3.8) is 0 Å². The Labute approximate surface area is 146 Å². The predicted octanol–water partition coefficient (Wildman–Crippen LogP) is 3.73. The fraction of sp³-hybridized carbons (Fsp3) is 0.158. The number of nitrogens with one attached hydrogen (secondary N) is 2. The van der Waals surface area contributed by atoms with Crippen LogP contribution in [0.4, 0.5) is 17.5 Å². The van der Waals surface area contributed by atoms with E-state index >= 15 is 0 Å². The first kappa shape index (κ1) is 16.7. The third-order valence-corrected chi connectivity index (χ3v) is 3.36. The van der Waals surface area contributed by atoms with E-state index in [1.54, 1.807) is 0 Å². The van der Waals surface area contributed by atoms with Crippen LogP contribution in [0.5, 0.6) is 11.5 Å². The zero-order valence-electron chi connectivity index (χ0n) is 13.9. The van der Waals surface area contributed by atoms with E-state index in [4.69, 9.17) is 9.84 Å². The molecule has 0 fully saturated rings. The Kier molecular flexibility index (Phi) is 5.43. The van der Waals surface area contributed by atoms with Gasteiger partial charge >= 0.3 is 0 Å². The van der Waals surface area contributed by atoms with Gasteiger partial charge in [0.15, 0.2) is 0 Å².